The number of piperidine rings is 1. The molecule has 22 heavy (non-hydrogen) atoms. The van der Waals surface area contributed by atoms with Crippen molar-refractivity contribution in [3.05, 3.63) is 33.9 Å². The van der Waals surface area contributed by atoms with Crippen molar-refractivity contribution >= 4 is 15.7 Å². The smallest absolute Gasteiger partial charge is 0.275 e. The molecule has 1 aromatic rings. The van der Waals surface area contributed by atoms with Crippen molar-refractivity contribution in [1.29, 1.82) is 0 Å². The van der Waals surface area contributed by atoms with Crippen LogP contribution in [0.3, 0.4) is 0 Å². The minimum atomic E-state index is -3.98. The second kappa shape index (κ2) is 6.69. The maximum absolute atomic E-state index is 11.3. The van der Waals surface area contributed by atoms with Gasteiger partial charge in [-0.25, -0.2) is 13.6 Å². The zero-order valence-corrected chi connectivity index (χ0v) is 12.8. The zero-order chi connectivity index (χ0) is 16.3. The number of sulfonamides is 1. The molecule has 1 aromatic carbocycles. The van der Waals surface area contributed by atoms with Gasteiger partial charge in [0.2, 0.25) is 10.0 Å². The van der Waals surface area contributed by atoms with Crippen molar-refractivity contribution in [2.45, 2.75) is 36.7 Å². The first-order valence-electron chi connectivity index (χ1n) is 6.98. The number of nitrogens with two attached hydrogens (primary N) is 1. The van der Waals surface area contributed by atoms with E-state index in [1.165, 1.54) is 12.1 Å². The molecule has 3 N–H and O–H groups in total. The van der Waals surface area contributed by atoms with Crippen molar-refractivity contribution in [2.24, 2.45) is 5.14 Å². The Labute approximate surface area is 128 Å². The van der Waals surface area contributed by atoms with Crippen LogP contribution in [0.5, 0.6) is 0 Å². The Morgan fingerprint density at radius 1 is 1.41 bits per heavy atom. The molecular weight excluding hydrogens is 310 g/mol. The van der Waals surface area contributed by atoms with Crippen molar-refractivity contribution in [1.82, 2.24) is 4.90 Å². The van der Waals surface area contributed by atoms with E-state index in [1.807, 2.05) is 4.90 Å². The summed E-state index contributed by atoms with van der Waals surface area (Å²) in [5.74, 6) is 0. The van der Waals surface area contributed by atoms with Crippen molar-refractivity contribution in [2.75, 3.05) is 13.2 Å². The lowest BCUT2D eigenvalue weighted by molar-refractivity contribution is -0.386. The summed E-state index contributed by atoms with van der Waals surface area (Å²) < 4.78 is 22.6. The molecule has 1 unspecified atom stereocenters. The zero-order valence-electron chi connectivity index (χ0n) is 12.0. The average Bonchev–Trinajstić information content (AvgIpc) is 2.46. The number of hydrogen-bond acceptors (Lipinski definition) is 6. The lowest BCUT2D eigenvalue weighted by Crippen LogP contribution is -2.41. The Balaban J connectivity index is 2.32. The highest BCUT2D eigenvalue weighted by Gasteiger charge is 2.25. The van der Waals surface area contributed by atoms with E-state index in [1.54, 1.807) is 0 Å². The van der Waals surface area contributed by atoms with Gasteiger partial charge in [-0.05, 0) is 31.5 Å². The molecule has 0 aliphatic carbocycles. The fourth-order valence-electron chi connectivity index (χ4n) is 2.72. The number of benzene rings is 1. The van der Waals surface area contributed by atoms with Crippen LogP contribution in [0, 0.1) is 10.1 Å². The van der Waals surface area contributed by atoms with Crippen LogP contribution < -0.4 is 5.14 Å². The molecule has 0 spiro atoms. The van der Waals surface area contributed by atoms with Crippen molar-refractivity contribution in [3.63, 3.8) is 0 Å². The average molecular weight is 329 g/mol. The van der Waals surface area contributed by atoms with Crippen molar-refractivity contribution < 1.29 is 18.4 Å². The molecule has 0 amide bonds. The van der Waals surface area contributed by atoms with Crippen LogP contribution in [0.4, 0.5) is 5.69 Å². The van der Waals surface area contributed by atoms with Crippen LogP contribution in [0.25, 0.3) is 0 Å². The number of primary sulfonamides is 1. The summed E-state index contributed by atoms with van der Waals surface area (Å²) in [5, 5.41) is 25.6. The van der Waals surface area contributed by atoms with Gasteiger partial charge in [0.05, 0.1) is 16.4 Å². The normalized spacial score (nSPS) is 20.0. The summed E-state index contributed by atoms with van der Waals surface area (Å²) in [6, 6.07) is 3.66. The molecule has 0 aromatic heterocycles. The summed E-state index contributed by atoms with van der Waals surface area (Å²) in [4.78, 5) is 12.3. The summed E-state index contributed by atoms with van der Waals surface area (Å²) in [6.45, 7) is 1.05. The highest BCUT2D eigenvalue weighted by molar-refractivity contribution is 7.89. The van der Waals surface area contributed by atoms with Gasteiger partial charge >= 0.3 is 0 Å². The summed E-state index contributed by atoms with van der Waals surface area (Å²) >= 11 is 0. The molecule has 8 nitrogen and oxygen atoms in total. The Bertz CT molecular complexity index is 662. The molecule has 0 saturated carbocycles. The van der Waals surface area contributed by atoms with Gasteiger partial charge in [0.15, 0.2) is 0 Å². The van der Waals surface area contributed by atoms with E-state index in [0.29, 0.717) is 12.1 Å². The van der Waals surface area contributed by atoms with Gasteiger partial charge in [0, 0.05) is 24.2 Å². The summed E-state index contributed by atoms with van der Waals surface area (Å²) in [5.41, 5.74) is 0.145. The minimum Gasteiger partial charge on any atom is -0.395 e. The summed E-state index contributed by atoms with van der Waals surface area (Å²) in [6.07, 6.45) is 2.84. The number of rotatable bonds is 5. The highest BCUT2D eigenvalue weighted by atomic mass is 32.2. The Morgan fingerprint density at radius 3 is 2.73 bits per heavy atom. The molecule has 1 aliphatic rings. The Morgan fingerprint density at radius 2 is 2.14 bits per heavy atom. The van der Waals surface area contributed by atoms with Crippen LogP contribution in [-0.2, 0) is 16.6 Å². The first-order chi connectivity index (χ1) is 10.3. The van der Waals surface area contributed by atoms with E-state index in [9.17, 15) is 23.6 Å². The second-order valence-corrected chi connectivity index (χ2v) is 6.96. The van der Waals surface area contributed by atoms with Gasteiger partial charge < -0.3 is 5.11 Å². The standard InChI is InChI=1S/C13H19N3O5S/c14-22(20,21)12-5-4-10(13(7-12)16(18)19)8-15-6-2-1-3-11(15)9-17/h4-5,7,11,17H,1-3,6,8-9H2,(H2,14,20,21). The maximum Gasteiger partial charge on any atom is 0.275 e. The number of aliphatic hydroxyl groups is 1. The summed E-state index contributed by atoms with van der Waals surface area (Å²) in [7, 11) is -3.98. The van der Waals surface area contributed by atoms with Gasteiger partial charge in [-0.15, -0.1) is 0 Å². The van der Waals surface area contributed by atoms with E-state index < -0.39 is 14.9 Å². The number of aliphatic hydroxyl groups excluding tert-OH is 1. The van der Waals surface area contributed by atoms with Crippen LogP contribution >= 0.6 is 0 Å². The third-order valence-electron chi connectivity index (χ3n) is 3.92. The molecule has 9 heteroatoms. The fourth-order valence-corrected chi connectivity index (χ4v) is 3.25. The molecule has 122 valence electrons. The third kappa shape index (κ3) is 3.80. The number of nitro benzene ring substituents is 1. The molecular formula is C13H19N3O5S. The molecule has 1 aliphatic heterocycles. The molecule has 1 heterocycles. The van der Waals surface area contributed by atoms with E-state index in [2.05, 4.69) is 0 Å². The van der Waals surface area contributed by atoms with E-state index in [0.717, 1.165) is 31.9 Å². The first-order valence-corrected chi connectivity index (χ1v) is 8.52. The van der Waals surface area contributed by atoms with E-state index in [-0.39, 0.29) is 23.2 Å². The number of hydrogen-bond donors (Lipinski definition) is 2. The fraction of sp³-hybridized carbons (Fsp3) is 0.538. The second-order valence-electron chi connectivity index (χ2n) is 5.40. The SMILES string of the molecule is NS(=O)(=O)c1ccc(CN2CCCCC2CO)c([N+](=O)[O-])c1. The quantitative estimate of drug-likeness (QED) is 0.601. The van der Waals surface area contributed by atoms with Crippen molar-refractivity contribution in [3.8, 4) is 0 Å². The van der Waals surface area contributed by atoms with E-state index >= 15 is 0 Å². The minimum absolute atomic E-state index is 0.00304. The van der Waals surface area contributed by atoms with Gasteiger partial charge in [-0.3, -0.25) is 15.0 Å². The van der Waals surface area contributed by atoms with E-state index in [4.69, 9.17) is 5.14 Å². The number of likely N-dealkylation sites (tertiary alicyclic amines) is 1. The molecule has 1 saturated heterocycles. The topological polar surface area (TPSA) is 127 Å². The number of nitro groups is 1. The molecule has 2 rings (SSSR count). The molecule has 0 bridgehead atoms. The van der Waals surface area contributed by atoms with Gasteiger partial charge in [0.25, 0.3) is 5.69 Å². The lowest BCUT2D eigenvalue weighted by Gasteiger charge is -2.34. The predicted molar refractivity (Wildman–Crippen MR) is 79.6 cm³/mol. The van der Waals surface area contributed by atoms with Gasteiger partial charge in [-0.1, -0.05) is 6.42 Å². The Hall–Kier alpha value is -1.55. The van der Waals surface area contributed by atoms with Crippen LogP contribution in [0.2, 0.25) is 0 Å². The number of nitrogens with zero attached hydrogens (tertiary/aromatic N) is 2. The Kier molecular flexibility index (Phi) is 5.12. The maximum atomic E-state index is 11.3. The highest BCUT2D eigenvalue weighted by Crippen LogP contribution is 2.26. The van der Waals surface area contributed by atoms with Crippen LogP contribution in [0.1, 0.15) is 24.8 Å². The predicted octanol–water partition coefficient (Wildman–Crippen LogP) is 0.589. The monoisotopic (exact) mass is 329 g/mol. The third-order valence-corrected chi connectivity index (χ3v) is 4.83. The van der Waals surface area contributed by atoms with Crippen LogP contribution in [-0.4, -0.2) is 42.5 Å². The lowest BCUT2D eigenvalue weighted by atomic mass is 10.0. The molecule has 1 atom stereocenters. The van der Waals surface area contributed by atoms with Gasteiger partial charge in [0.1, 0.15) is 0 Å². The molecule has 1 fully saturated rings. The first kappa shape index (κ1) is 16.8. The molecule has 0 radical (unpaired) electrons. The van der Waals surface area contributed by atoms with Gasteiger partial charge in [-0.2, -0.15) is 0 Å². The van der Waals surface area contributed by atoms with Crippen LogP contribution in [0.15, 0.2) is 23.1 Å². The largest absolute Gasteiger partial charge is 0.395 e.